The van der Waals surface area contributed by atoms with E-state index in [0.29, 0.717) is 17.1 Å². The Morgan fingerprint density at radius 3 is 2.79 bits per heavy atom. The van der Waals surface area contributed by atoms with Gasteiger partial charge in [0.15, 0.2) is 11.5 Å². The monoisotopic (exact) mass is 260 g/mol. The van der Waals surface area contributed by atoms with Crippen molar-refractivity contribution >= 4 is 22.9 Å². The first-order valence-electron chi connectivity index (χ1n) is 6.77. The van der Waals surface area contributed by atoms with Gasteiger partial charge >= 0.3 is 0 Å². The molecule has 0 saturated heterocycles. The van der Waals surface area contributed by atoms with Gasteiger partial charge in [0.2, 0.25) is 5.95 Å². The van der Waals surface area contributed by atoms with Crippen LogP contribution in [0, 0.1) is 5.41 Å². The minimum Gasteiger partial charge on any atom is -0.368 e. The largest absolute Gasteiger partial charge is 0.368 e. The van der Waals surface area contributed by atoms with Crippen LogP contribution in [0.1, 0.15) is 39.5 Å². The number of imidazole rings is 1. The zero-order chi connectivity index (χ0) is 13.5. The summed E-state index contributed by atoms with van der Waals surface area (Å²) in [5.41, 5.74) is 7.63. The number of rotatable bonds is 2. The molecule has 0 atom stereocenters. The van der Waals surface area contributed by atoms with Gasteiger partial charge < -0.3 is 16.0 Å². The summed E-state index contributed by atoms with van der Waals surface area (Å²) < 4.78 is 0. The van der Waals surface area contributed by atoms with E-state index in [-0.39, 0.29) is 5.95 Å². The molecule has 0 aliphatic heterocycles. The van der Waals surface area contributed by atoms with Crippen LogP contribution in [0.2, 0.25) is 0 Å². The van der Waals surface area contributed by atoms with Gasteiger partial charge in [-0.25, -0.2) is 4.98 Å². The molecule has 0 amide bonds. The number of nitrogens with two attached hydrogens (primary N) is 1. The normalized spacial score (nSPS) is 19.7. The van der Waals surface area contributed by atoms with Gasteiger partial charge in [-0.1, -0.05) is 13.8 Å². The fraction of sp³-hybridized carbons (Fsp3) is 0.615. The highest BCUT2D eigenvalue weighted by atomic mass is 15.1. The van der Waals surface area contributed by atoms with Crippen LogP contribution in [0.3, 0.4) is 0 Å². The average molecular weight is 260 g/mol. The quantitative estimate of drug-likeness (QED) is 0.770. The van der Waals surface area contributed by atoms with Crippen molar-refractivity contribution in [2.24, 2.45) is 5.41 Å². The molecule has 1 aliphatic carbocycles. The molecule has 0 spiro atoms. The highest BCUT2D eigenvalue weighted by Gasteiger charge is 2.27. The zero-order valence-corrected chi connectivity index (χ0v) is 11.4. The van der Waals surface area contributed by atoms with Gasteiger partial charge in [0, 0.05) is 6.04 Å². The number of hydrogen-bond donors (Lipinski definition) is 3. The number of fused-ring (bicyclic) bond motifs is 1. The third kappa shape index (κ3) is 2.47. The van der Waals surface area contributed by atoms with Crippen LogP contribution in [0.5, 0.6) is 0 Å². The third-order valence-electron chi connectivity index (χ3n) is 3.98. The summed E-state index contributed by atoms with van der Waals surface area (Å²) in [6, 6.07) is 0.453. The lowest BCUT2D eigenvalue weighted by molar-refractivity contribution is 0.232. The topological polar surface area (TPSA) is 92.5 Å². The highest BCUT2D eigenvalue weighted by Crippen LogP contribution is 2.36. The smallest absolute Gasteiger partial charge is 0.224 e. The van der Waals surface area contributed by atoms with Crippen molar-refractivity contribution in [1.82, 2.24) is 19.9 Å². The maximum absolute atomic E-state index is 5.72. The van der Waals surface area contributed by atoms with Crippen LogP contribution in [0.15, 0.2) is 6.33 Å². The number of aromatic nitrogens is 4. The second kappa shape index (κ2) is 4.36. The van der Waals surface area contributed by atoms with Crippen LogP contribution in [-0.2, 0) is 0 Å². The van der Waals surface area contributed by atoms with Gasteiger partial charge in [0.05, 0.1) is 6.33 Å². The van der Waals surface area contributed by atoms with Gasteiger partial charge in [-0.15, -0.1) is 0 Å². The van der Waals surface area contributed by atoms with Crippen LogP contribution >= 0.6 is 0 Å². The molecule has 6 heteroatoms. The molecular formula is C13H20N6. The summed E-state index contributed by atoms with van der Waals surface area (Å²) in [6.07, 6.45) is 6.40. The van der Waals surface area contributed by atoms with E-state index in [2.05, 4.69) is 39.1 Å². The summed E-state index contributed by atoms with van der Waals surface area (Å²) in [5.74, 6) is 1.03. The van der Waals surface area contributed by atoms with Crippen molar-refractivity contribution < 1.29 is 0 Å². The molecule has 0 aromatic carbocycles. The fourth-order valence-electron chi connectivity index (χ4n) is 2.69. The maximum atomic E-state index is 5.72. The van der Waals surface area contributed by atoms with Gasteiger partial charge in [-0.2, -0.15) is 9.97 Å². The molecule has 6 nitrogen and oxygen atoms in total. The first-order chi connectivity index (χ1) is 9.03. The van der Waals surface area contributed by atoms with E-state index in [1.54, 1.807) is 6.33 Å². The first kappa shape index (κ1) is 12.2. The minimum absolute atomic E-state index is 0.262. The van der Waals surface area contributed by atoms with Gasteiger partial charge in [-0.3, -0.25) is 0 Å². The van der Waals surface area contributed by atoms with E-state index in [0.717, 1.165) is 24.2 Å². The number of aromatic amines is 1. The zero-order valence-electron chi connectivity index (χ0n) is 11.4. The van der Waals surface area contributed by atoms with E-state index in [1.807, 2.05) is 0 Å². The predicted octanol–water partition coefficient (Wildman–Crippen LogP) is 2.32. The number of nitrogens with zero attached hydrogens (tertiary/aromatic N) is 3. The molecule has 0 unspecified atom stereocenters. The van der Waals surface area contributed by atoms with Crippen LogP contribution in [-0.4, -0.2) is 26.0 Å². The van der Waals surface area contributed by atoms with Crippen molar-refractivity contribution in [3.8, 4) is 0 Å². The molecule has 1 saturated carbocycles. The average Bonchev–Trinajstić information content (AvgIpc) is 2.80. The van der Waals surface area contributed by atoms with Gasteiger partial charge in [-0.05, 0) is 31.1 Å². The second-order valence-electron chi connectivity index (χ2n) is 6.11. The van der Waals surface area contributed by atoms with E-state index in [9.17, 15) is 0 Å². The molecule has 2 aromatic rings. The Hall–Kier alpha value is -1.85. The molecular weight excluding hydrogens is 240 g/mol. The van der Waals surface area contributed by atoms with Crippen LogP contribution < -0.4 is 11.1 Å². The minimum atomic E-state index is 0.262. The Labute approximate surface area is 112 Å². The Kier molecular flexibility index (Phi) is 2.80. The number of hydrogen-bond acceptors (Lipinski definition) is 5. The van der Waals surface area contributed by atoms with Crippen molar-refractivity contribution in [2.75, 3.05) is 11.1 Å². The second-order valence-corrected chi connectivity index (χ2v) is 6.11. The molecule has 1 fully saturated rings. The van der Waals surface area contributed by atoms with E-state index in [4.69, 9.17) is 5.73 Å². The molecule has 0 bridgehead atoms. The van der Waals surface area contributed by atoms with Crippen molar-refractivity contribution in [3.05, 3.63) is 6.33 Å². The lowest BCUT2D eigenvalue weighted by Gasteiger charge is -2.34. The molecule has 19 heavy (non-hydrogen) atoms. The third-order valence-corrected chi connectivity index (χ3v) is 3.98. The van der Waals surface area contributed by atoms with Crippen LogP contribution in [0.25, 0.3) is 11.2 Å². The van der Waals surface area contributed by atoms with E-state index >= 15 is 0 Å². The number of anilines is 2. The molecule has 2 aromatic heterocycles. The lowest BCUT2D eigenvalue weighted by Crippen LogP contribution is -2.30. The summed E-state index contributed by atoms with van der Waals surface area (Å²) >= 11 is 0. The molecule has 0 radical (unpaired) electrons. The summed E-state index contributed by atoms with van der Waals surface area (Å²) in [6.45, 7) is 4.66. The van der Waals surface area contributed by atoms with Crippen LogP contribution in [0.4, 0.5) is 11.8 Å². The first-order valence-corrected chi connectivity index (χ1v) is 6.77. The Bertz CT molecular complexity index is 578. The standard InChI is InChI=1S/C13H20N6/c1-13(2)5-3-8(4-6-13)17-11-9-10(16-7-15-9)18-12(14)19-11/h7-8H,3-6H2,1-2H3,(H4,14,15,16,17,18,19). The maximum Gasteiger partial charge on any atom is 0.224 e. The van der Waals surface area contributed by atoms with E-state index in [1.165, 1.54) is 12.8 Å². The summed E-state index contributed by atoms with van der Waals surface area (Å²) in [7, 11) is 0. The molecule has 3 rings (SSSR count). The highest BCUT2D eigenvalue weighted by molar-refractivity contribution is 5.83. The predicted molar refractivity (Wildman–Crippen MR) is 75.8 cm³/mol. The van der Waals surface area contributed by atoms with Gasteiger partial charge in [0.25, 0.3) is 0 Å². The summed E-state index contributed by atoms with van der Waals surface area (Å²) in [4.78, 5) is 15.6. The SMILES string of the molecule is CC1(C)CCC(Nc2nc(N)nc3nc[nH]c23)CC1. The van der Waals surface area contributed by atoms with Gasteiger partial charge in [0.1, 0.15) is 5.52 Å². The summed E-state index contributed by atoms with van der Waals surface area (Å²) in [5, 5.41) is 3.49. The number of H-pyrrole nitrogens is 1. The van der Waals surface area contributed by atoms with Crippen molar-refractivity contribution in [3.63, 3.8) is 0 Å². The van der Waals surface area contributed by atoms with Crippen molar-refractivity contribution in [1.29, 1.82) is 0 Å². The number of nitrogen functional groups attached to an aromatic ring is 1. The lowest BCUT2D eigenvalue weighted by atomic mass is 9.75. The number of nitrogens with one attached hydrogen (secondary N) is 2. The Morgan fingerprint density at radius 2 is 2.05 bits per heavy atom. The molecule has 1 aliphatic rings. The molecule has 4 N–H and O–H groups in total. The molecule has 102 valence electrons. The Balaban J connectivity index is 1.80. The van der Waals surface area contributed by atoms with Crippen molar-refractivity contribution in [2.45, 2.75) is 45.6 Å². The fourth-order valence-corrected chi connectivity index (χ4v) is 2.69. The molecule has 2 heterocycles. The van der Waals surface area contributed by atoms with E-state index < -0.39 is 0 Å². The Morgan fingerprint density at radius 1 is 1.32 bits per heavy atom.